The van der Waals surface area contributed by atoms with Crippen LogP contribution in [0, 0.1) is 5.82 Å². The van der Waals surface area contributed by atoms with Crippen LogP contribution in [0.3, 0.4) is 0 Å². The molecule has 3 rings (SSSR count). The minimum absolute atomic E-state index is 0.157. The molecule has 0 aromatic heterocycles. The third kappa shape index (κ3) is 3.62. The average molecular weight is 347 g/mol. The number of hydrogen-bond acceptors (Lipinski definition) is 4. The molecule has 1 aromatic rings. The highest BCUT2D eigenvalue weighted by Gasteiger charge is 2.33. The van der Waals surface area contributed by atoms with E-state index in [4.69, 9.17) is 11.6 Å². The predicted octanol–water partition coefficient (Wildman–Crippen LogP) is 1.78. The van der Waals surface area contributed by atoms with Gasteiger partial charge in [-0.1, -0.05) is 17.7 Å². The van der Waals surface area contributed by atoms with E-state index >= 15 is 0 Å². The minimum Gasteiger partial charge on any atom is -0.297 e. The molecule has 2 aliphatic rings. The Morgan fingerprint density at radius 1 is 1.23 bits per heavy atom. The van der Waals surface area contributed by atoms with Crippen LogP contribution in [0.2, 0.25) is 5.02 Å². The number of benzene rings is 1. The Hall–Kier alpha value is -0.690. The molecule has 0 radical (unpaired) electrons. The number of hydrogen-bond donors (Lipinski definition) is 0. The molecule has 0 amide bonds. The molecule has 4 nitrogen and oxygen atoms in total. The van der Waals surface area contributed by atoms with Crippen molar-refractivity contribution >= 4 is 21.4 Å². The van der Waals surface area contributed by atoms with Gasteiger partial charge >= 0.3 is 0 Å². The smallest absolute Gasteiger partial charge is 0.151 e. The van der Waals surface area contributed by atoms with Crippen LogP contribution in [0.15, 0.2) is 18.2 Å². The van der Waals surface area contributed by atoms with Crippen LogP contribution in [0.5, 0.6) is 0 Å². The molecular weight excluding hydrogens is 327 g/mol. The predicted molar refractivity (Wildman–Crippen MR) is 85.3 cm³/mol. The molecule has 0 aliphatic carbocycles. The monoisotopic (exact) mass is 346 g/mol. The lowest BCUT2D eigenvalue weighted by molar-refractivity contribution is 0.0993. The molecule has 0 bridgehead atoms. The molecule has 0 unspecified atom stereocenters. The van der Waals surface area contributed by atoms with Crippen molar-refractivity contribution in [1.29, 1.82) is 0 Å². The highest BCUT2D eigenvalue weighted by atomic mass is 35.5. The third-order valence-corrected chi connectivity index (χ3v) is 6.68. The van der Waals surface area contributed by atoms with Gasteiger partial charge in [0.15, 0.2) is 9.84 Å². The van der Waals surface area contributed by atoms with E-state index in [1.54, 1.807) is 12.1 Å². The molecule has 0 spiro atoms. The van der Waals surface area contributed by atoms with Crippen LogP contribution in [0.4, 0.5) is 4.39 Å². The maximum atomic E-state index is 13.8. The van der Waals surface area contributed by atoms with Gasteiger partial charge in [-0.3, -0.25) is 9.80 Å². The number of halogens is 2. The largest absolute Gasteiger partial charge is 0.297 e. The minimum atomic E-state index is -2.84. The van der Waals surface area contributed by atoms with Gasteiger partial charge in [-0.05, 0) is 18.6 Å². The standard InChI is InChI=1S/C15H20ClFN2O2S/c16-14-2-1-3-15(17)13(14)10-18-5-7-19(8-6-18)12-4-9-22(20,21)11-12/h1-3,12H,4-11H2/t12-/m0/s1. The van der Waals surface area contributed by atoms with E-state index in [1.165, 1.54) is 6.07 Å². The zero-order valence-corrected chi connectivity index (χ0v) is 13.9. The second kappa shape index (κ2) is 6.43. The van der Waals surface area contributed by atoms with Crippen molar-refractivity contribution in [2.24, 2.45) is 0 Å². The Bertz CT molecular complexity index is 625. The fraction of sp³-hybridized carbons (Fsp3) is 0.600. The molecule has 2 saturated heterocycles. The van der Waals surface area contributed by atoms with Crippen LogP contribution in [-0.4, -0.2) is 61.9 Å². The second-order valence-electron chi connectivity index (χ2n) is 6.07. The number of piperazine rings is 1. The molecular formula is C15H20ClFN2O2S. The summed E-state index contributed by atoms with van der Waals surface area (Å²) in [4.78, 5) is 4.42. The van der Waals surface area contributed by atoms with Crippen LogP contribution < -0.4 is 0 Å². The Morgan fingerprint density at radius 2 is 1.95 bits per heavy atom. The van der Waals surface area contributed by atoms with Gasteiger partial charge in [-0.25, -0.2) is 12.8 Å². The van der Waals surface area contributed by atoms with E-state index in [0.29, 0.717) is 22.9 Å². The van der Waals surface area contributed by atoms with Gasteiger partial charge in [-0.2, -0.15) is 0 Å². The summed E-state index contributed by atoms with van der Waals surface area (Å²) in [6, 6.07) is 4.91. The molecule has 7 heteroatoms. The summed E-state index contributed by atoms with van der Waals surface area (Å²) in [5.41, 5.74) is 0.543. The fourth-order valence-corrected chi connectivity index (χ4v) is 5.24. The van der Waals surface area contributed by atoms with E-state index in [9.17, 15) is 12.8 Å². The zero-order chi connectivity index (χ0) is 15.7. The highest BCUT2D eigenvalue weighted by Crippen LogP contribution is 2.23. The molecule has 2 heterocycles. The van der Waals surface area contributed by atoms with Gasteiger partial charge in [0.1, 0.15) is 5.82 Å². The summed E-state index contributed by atoms with van der Waals surface area (Å²) < 4.78 is 37.0. The Kier molecular flexibility index (Phi) is 4.73. The normalized spacial score (nSPS) is 26.4. The van der Waals surface area contributed by atoms with Crippen molar-refractivity contribution < 1.29 is 12.8 Å². The van der Waals surface area contributed by atoms with E-state index < -0.39 is 9.84 Å². The summed E-state index contributed by atoms with van der Waals surface area (Å²) in [7, 11) is -2.84. The highest BCUT2D eigenvalue weighted by molar-refractivity contribution is 7.91. The second-order valence-corrected chi connectivity index (χ2v) is 8.71. The van der Waals surface area contributed by atoms with Crippen LogP contribution in [0.1, 0.15) is 12.0 Å². The summed E-state index contributed by atoms with van der Waals surface area (Å²) in [5.74, 6) is 0.325. The quantitative estimate of drug-likeness (QED) is 0.836. The lowest BCUT2D eigenvalue weighted by atomic mass is 10.1. The maximum absolute atomic E-state index is 13.8. The summed E-state index contributed by atoms with van der Waals surface area (Å²) in [5, 5.41) is 0.462. The number of sulfone groups is 1. The lowest BCUT2D eigenvalue weighted by Crippen LogP contribution is -2.50. The topological polar surface area (TPSA) is 40.6 Å². The van der Waals surface area contributed by atoms with Crippen LogP contribution in [0.25, 0.3) is 0 Å². The zero-order valence-electron chi connectivity index (χ0n) is 12.3. The first-order valence-electron chi connectivity index (χ1n) is 7.54. The summed E-state index contributed by atoms with van der Waals surface area (Å²) in [6.45, 7) is 3.77. The van der Waals surface area contributed by atoms with Crippen LogP contribution in [-0.2, 0) is 16.4 Å². The van der Waals surface area contributed by atoms with Crippen molar-refractivity contribution in [3.05, 3.63) is 34.6 Å². The average Bonchev–Trinajstić information content (AvgIpc) is 2.84. The molecule has 22 heavy (non-hydrogen) atoms. The van der Waals surface area contributed by atoms with Gasteiger partial charge in [0, 0.05) is 49.4 Å². The molecule has 122 valence electrons. The molecule has 1 atom stereocenters. The first kappa shape index (κ1) is 16.2. The summed E-state index contributed by atoms with van der Waals surface area (Å²) in [6.07, 6.45) is 0.738. The van der Waals surface area contributed by atoms with E-state index in [-0.39, 0.29) is 17.6 Å². The molecule has 2 aliphatic heterocycles. The Morgan fingerprint density at radius 3 is 2.55 bits per heavy atom. The molecule has 1 aromatic carbocycles. The van der Waals surface area contributed by atoms with Gasteiger partial charge in [0.05, 0.1) is 11.5 Å². The first-order valence-corrected chi connectivity index (χ1v) is 9.74. The SMILES string of the molecule is O=S1(=O)CC[C@H](N2CCN(Cc3c(F)cccc3Cl)CC2)C1. The molecule has 0 saturated carbocycles. The van der Waals surface area contributed by atoms with Crippen molar-refractivity contribution in [2.45, 2.75) is 19.0 Å². The summed E-state index contributed by atoms with van der Waals surface area (Å²) >= 11 is 6.07. The van der Waals surface area contributed by atoms with Crippen molar-refractivity contribution in [1.82, 2.24) is 9.80 Å². The lowest BCUT2D eigenvalue weighted by Gasteiger charge is -2.37. The van der Waals surface area contributed by atoms with Gasteiger partial charge in [0.25, 0.3) is 0 Å². The third-order valence-electron chi connectivity index (χ3n) is 4.58. The van der Waals surface area contributed by atoms with Crippen molar-refractivity contribution in [3.63, 3.8) is 0 Å². The number of rotatable bonds is 3. The fourth-order valence-electron chi connectivity index (χ4n) is 3.26. The van der Waals surface area contributed by atoms with Gasteiger partial charge < -0.3 is 0 Å². The molecule has 0 N–H and O–H groups in total. The van der Waals surface area contributed by atoms with Crippen molar-refractivity contribution in [2.75, 3.05) is 37.7 Å². The van der Waals surface area contributed by atoms with E-state index in [0.717, 1.165) is 32.6 Å². The molecule has 2 fully saturated rings. The van der Waals surface area contributed by atoms with Crippen LogP contribution >= 0.6 is 11.6 Å². The maximum Gasteiger partial charge on any atom is 0.151 e. The number of nitrogens with zero attached hydrogens (tertiary/aromatic N) is 2. The van der Waals surface area contributed by atoms with Gasteiger partial charge in [-0.15, -0.1) is 0 Å². The van der Waals surface area contributed by atoms with Crippen molar-refractivity contribution in [3.8, 4) is 0 Å². The first-order chi connectivity index (χ1) is 10.4. The Labute approximate surface area is 135 Å². The Balaban J connectivity index is 1.56. The van der Waals surface area contributed by atoms with E-state index in [2.05, 4.69) is 9.80 Å². The van der Waals surface area contributed by atoms with Gasteiger partial charge in [0.2, 0.25) is 0 Å². The van der Waals surface area contributed by atoms with E-state index in [1.807, 2.05) is 0 Å².